The molecule has 0 aliphatic heterocycles. The van der Waals surface area contributed by atoms with Crippen LogP contribution in [0.1, 0.15) is 37.1 Å². The van der Waals surface area contributed by atoms with Crippen LogP contribution in [-0.4, -0.2) is 16.8 Å². The Hall–Kier alpha value is -3.56. The molecule has 3 rings (SSSR count). The van der Waals surface area contributed by atoms with E-state index >= 15 is 0 Å². The third kappa shape index (κ3) is 4.68. The molecule has 2 aromatic carbocycles. The number of benzene rings is 2. The predicted molar refractivity (Wildman–Crippen MR) is 108 cm³/mol. The first-order valence-corrected chi connectivity index (χ1v) is 9.41. The number of hydrogen-bond donors (Lipinski definition) is 1. The summed E-state index contributed by atoms with van der Waals surface area (Å²) >= 11 is 0. The molecular weight excluding hydrogens is 432 g/mol. The van der Waals surface area contributed by atoms with Gasteiger partial charge in [-0.2, -0.15) is 13.2 Å². The molecule has 0 aliphatic carbocycles. The van der Waals surface area contributed by atoms with Crippen molar-refractivity contribution in [3.8, 4) is 0 Å². The summed E-state index contributed by atoms with van der Waals surface area (Å²) in [5.41, 5.74) is -3.08. The molecule has 3 aromatic rings. The van der Waals surface area contributed by atoms with Crippen LogP contribution in [0, 0.1) is 12.7 Å². The van der Waals surface area contributed by atoms with Gasteiger partial charge >= 0.3 is 11.8 Å². The van der Waals surface area contributed by atoms with Gasteiger partial charge in [-0.05, 0) is 54.3 Å². The number of aryl methyl sites for hydroxylation is 1. The van der Waals surface area contributed by atoms with Crippen molar-refractivity contribution in [2.75, 3.05) is 5.32 Å². The smallest absolute Gasteiger partial charge is 0.319 e. The quantitative estimate of drug-likeness (QED) is 0.456. The average Bonchev–Trinajstić information content (AvgIpc) is 2.69. The fraction of sp³-hybridized carbons (Fsp3) is 0.273. The Morgan fingerprint density at radius 2 is 1.72 bits per heavy atom. The SMILES string of the molecule is Cc1noc(=O)c2ccc(NC(=O)C(=O)CC(C)(C)c3cc(F)ccc3C(F)(F)F)cc12. The standard InChI is InChI=1S/C22H18F4N2O4/c1-11-15-9-13(5-6-14(15)20(31)32-28-11)27-19(30)18(29)10-21(2,3)17-8-12(23)4-7-16(17)22(24,25)26/h4-9H,10H2,1-3H3,(H,27,30). The van der Waals surface area contributed by atoms with Crippen molar-refractivity contribution >= 4 is 28.2 Å². The van der Waals surface area contributed by atoms with E-state index in [0.717, 1.165) is 6.07 Å². The highest BCUT2D eigenvalue weighted by Gasteiger charge is 2.39. The number of nitrogens with one attached hydrogen (secondary N) is 1. The Morgan fingerprint density at radius 1 is 1.03 bits per heavy atom. The topological polar surface area (TPSA) is 89.3 Å². The first-order chi connectivity index (χ1) is 14.8. The van der Waals surface area contributed by atoms with Crippen molar-refractivity contribution in [3.63, 3.8) is 0 Å². The lowest BCUT2D eigenvalue weighted by atomic mass is 9.77. The van der Waals surface area contributed by atoms with Gasteiger partial charge in [-0.15, -0.1) is 0 Å². The molecule has 32 heavy (non-hydrogen) atoms. The van der Waals surface area contributed by atoms with Crippen LogP contribution in [0.25, 0.3) is 10.8 Å². The summed E-state index contributed by atoms with van der Waals surface area (Å²) in [6.07, 6.45) is -5.35. The fourth-order valence-corrected chi connectivity index (χ4v) is 3.41. The van der Waals surface area contributed by atoms with Crippen molar-refractivity contribution in [2.24, 2.45) is 0 Å². The molecule has 0 atom stereocenters. The number of carbonyl (C=O) groups excluding carboxylic acids is 2. The zero-order chi connectivity index (χ0) is 23.8. The molecule has 0 unspecified atom stereocenters. The van der Waals surface area contributed by atoms with Gasteiger partial charge in [-0.3, -0.25) is 9.59 Å². The number of anilines is 1. The van der Waals surface area contributed by atoms with E-state index in [1.54, 1.807) is 6.92 Å². The minimum atomic E-state index is -4.75. The summed E-state index contributed by atoms with van der Waals surface area (Å²) in [5, 5.41) is 6.59. The van der Waals surface area contributed by atoms with Crippen molar-refractivity contribution in [2.45, 2.75) is 38.8 Å². The number of Topliss-reactive ketones (excluding diaryl/α,β-unsaturated/α-hetero) is 1. The molecule has 0 spiro atoms. The van der Waals surface area contributed by atoms with E-state index in [9.17, 15) is 31.9 Å². The van der Waals surface area contributed by atoms with Gasteiger partial charge in [0.25, 0.3) is 5.91 Å². The molecule has 0 saturated carbocycles. The molecule has 0 aliphatic rings. The number of amides is 1. The predicted octanol–water partition coefficient (Wildman–Crippen LogP) is 4.53. The lowest BCUT2D eigenvalue weighted by Gasteiger charge is -2.27. The van der Waals surface area contributed by atoms with Crippen LogP contribution in [0.5, 0.6) is 0 Å². The van der Waals surface area contributed by atoms with Crippen LogP contribution >= 0.6 is 0 Å². The average molecular weight is 450 g/mol. The lowest BCUT2D eigenvalue weighted by Crippen LogP contribution is -2.32. The molecule has 0 saturated heterocycles. The Balaban J connectivity index is 1.84. The molecule has 0 radical (unpaired) electrons. The van der Waals surface area contributed by atoms with E-state index in [4.69, 9.17) is 0 Å². The zero-order valence-corrected chi connectivity index (χ0v) is 17.3. The van der Waals surface area contributed by atoms with Gasteiger partial charge in [0, 0.05) is 17.5 Å². The molecule has 6 nitrogen and oxygen atoms in total. The zero-order valence-electron chi connectivity index (χ0n) is 17.3. The number of ketones is 1. The molecule has 10 heteroatoms. The van der Waals surface area contributed by atoms with Crippen molar-refractivity contribution in [3.05, 3.63) is 69.5 Å². The molecular formula is C22H18F4N2O4. The van der Waals surface area contributed by atoms with Crippen LogP contribution in [0.3, 0.4) is 0 Å². The van der Waals surface area contributed by atoms with E-state index in [1.807, 2.05) is 0 Å². The highest BCUT2D eigenvalue weighted by atomic mass is 19.4. The van der Waals surface area contributed by atoms with E-state index in [1.165, 1.54) is 32.0 Å². The van der Waals surface area contributed by atoms with Crippen LogP contribution < -0.4 is 10.9 Å². The number of alkyl halides is 3. The number of rotatable bonds is 5. The third-order valence-electron chi connectivity index (χ3n) is 5.02. The maximum absolute atomic E-state index is 13.7. The number of hydrogen-bond acceptors (Lipinski definition) is 5. The molecule has 1 amide bonds. The summed E-state index contributed by atoms with van der Waals surface area (Å²) in [7, 11) is 0. The molecule has 0 fully saturated rings. The van der Waals surface area contributed by atoms with E-state index in [2.05, 4.69) is 15.0 Å². The van der Waals surface area contributed by atoms with Gasteiger partial charge in [-0.1, -0.05) is 19.0 Å². The van der Waals surface area contributed by atoms with Crippen LogP contribution in [0.4, 0.5) is 23.2 Å². The molecule has 1 heterocycles. The summed E-state index contributed by atoms with van der Waals surface area (Å²) < 4.78 is 58.4. The lowest BCUT2D eigenvalue weighted by molar-refractivity contribution is -0.139. The van der Waals surface area contributed by atoms with Gasteiger partial charge in [0.15, 0.2) is 0 Å². The molecule has 168 valence electrons. The molecule has 1 N–H and O–H groups in total. The number of fused-ring (bicyclic) bond motifs is 1. The minimum Gasteiger partial charge on any atom is -0.319 e. The summed E-state index contributed by atoms with van der Waals surface area (Å²) in [6, 6.07) is 6.22. The Bertz CT molecular complexity index is 1280. The number of carbonyl (C=O) groups is 2. The van der Waals surface area contributed by atoms with Gasteiger partial charge in [0.05, 0.1) is 16.6 Å². The first kappa shape index (κ1) is 23.1. The van der Waals surface area contributed by atoms with Crippen LogP contribution in [0.2, 0.25) is 0 Å². The Labute approximate surface area is 179 Å². The Morgan fingerprint density at radius 3 is 2.38 bits per heavy atom. The third-order valence-corrected chi connectivity index (χ3v) is 5.02. The summed E-state index contributed by atoms with van der Waals surface area (Å²) in [5.74, 6) is -2.94. The van der Waals surface area contributed by atoms with Crippen LogP contribution in [0.15, 0.2) is 45.7 Å². The normalized spacial score (nSPS) is 12.1. The first-order valence-electron chi connectivity index (χ1n) is 9.41. The maximum Gasteiger partial charge on any atom is 0.416 e. The number of nitrogens with zero attached hydrogens (tertiary/aromatic N) is 1. The van der Waals surface area contributed by atoms with E-state index in [-0.39, 0.29) is 11.1 Å². The second kappa shape index (κ2) is 8.18. The van der Waals surface area contributed by atoms with Crippen molar-refractivity contribution < 1.29 is 31.7 Å². The Kier molecular flexibility index (Phi) is 5.90. The van der Waals surface area contributed by atoms with Gasteiger partial charge in [-0.25, -0.2) is 9.18 Å². The highest BCUT2D eigenvalue weighted by molar-refractivity contribution is 6.40. The summed E-state index contributed by atoms with van der Waals surface area (Å²) in [4.78, 5) is 36.6. The molecule has 0 bridgehead atoms. The highest BCUT2D eigenvalue weighted by Crippen LogP contribution is 2.39. The van der Waals surface area contributed by atoms with Gasteiger partial charge in [0.1, 0.15) is 5.82 Å². The maximum atomic E-state index is 13.7. The number of halogens is 4. The van der Waals surface area contributed by atoms with Crippen molar-refractivity contribution in [1.29, 1.82) is 0 Å². The summed E-state index contributed by atoms with van der Waals surface area (Å²) in [6.45, 7) is 4.24. The minimum absolute atomic E-state index is 0.186. The molecule has 1 aromatic heterocycles. The number of aromatic nitrogens is 1. The van der Waals surface area contributed by atoms with Crippen LogP contribution in [-0.2, 0) is 21.2 Å². The van der Waals surface area contributed by atoms with E-state index < -0.39 is 52.3 Å². The van der Waals surface area contributed by atoms with Gasteiger partial charge in [0.2, 0.25) is 5.78 Å². The largest absolute Gasteiger partial charge is 0.416 e. The van der Waals surface area contributed by atoms with E-state index in [0.29, 0.717) is 23.2 Å². The van der Waals surface area contributed by atoms with Gasteiger partial charge < -0.3 is 9.84 Å². The second-order valence-electron chi connectivity index (χ2n) is 7.94. The monoisotopic (exact) mass is 450 g/mol. The van der Waals surface area contributed by atoms with Crippen molar-refractivity contribution in [1.82, 2.24) is 5.16 Å². The fourth-order valence-electron chi connectivity index (χ4n) is 3.41. The second-order valence-corrected chi connectivity index (χ2v) is 7.94.